The quantitative estimate of drug-likeness (QED) is 0.590. The van der Waals surface area contributed by atoms with E-state index < -0.39 is 0 Å². The van der Waals surface area contributed by atoms with Gasteiger partial charge in [-0.15, -0.1) is 0 Å². The molecule has 0 radical (unpaired) electrons. The third-order valence-corrected chi connectivity index (χ3v) is 2.13. The van der Waals surface area contributed by atoms with Gasteiger partial charge < -0.3 is 4.74 Å². The van der Waals surface area contributed by atoms with E-state index in [9.17, 15) is 4.79 Å². The molecule has 0 saturated carbocycles. The van der Waals surface area contributed by atoms with E-state index in [2.05, 4.69) is 6.92 Å². The summed E-state index contributed by atoms with van der Waals surface area (Å²) in [4.78, 5) is 10.8. The number of ketones is 1. The van der Waals surface area contributed by atoms with E-state index in [1.54, 1.807) is 13.0 Å². The fourth-order valence-corrected chi connectivity index (χ4v) is 1.49. The first-order valence-corrected chi connectivity index (χ1v) is 4.54. The highest BCUT2D eigenvalue weighted by atomic mass is 16.5. The molecule has 0 bridgehead atoms. The molecule has 0 amide bonds. The molecule has 1 unspecified atom stereocenters. The lowest BCUT2D eigenvalue weighted by atomic mass is 10.00. The number of carbonyl (C=O) groups excluding carboxylic acids is 1. The molecule has 0 spiro atoms. The van der Waals surface area contributed by atoms with Crippen LogP contribution in [0.5, 0.6) is 0 Å². The van der Waals surface area contributed by atoms with E-state index in [1.165, 1.54) is 5.57 Å². The molecule has 1 aliphatic rings. The van der Waals surface area contributed by atoms with Gasteiger partial charge in [0.15, 0.2) is 5.78 Å². The molecule has 12 heavy (non-hydrogen) atoms. The summed E-state index contributed by atoms with van der Waals surface area (Å²) in [7, 11) is 0. The molecule has 1 aliphatic heterocycles. The first-order chi connectivity index (χ1) is 5.72. The lowest BCUT2D eigenvalue weighted by Gasteiger charge is -2.23. The minimum atomic E-state index is 0.154. The summed E-state index contributed by atoms with van der Waals surface area (Å²) in [6.07, 6.45) is 5.00. The Morgan fingerprint density at radius 1 is 1.75 bits per heavy atom. The van der Waals surface area contributed by atoms with Crippen molar-refractivity contribution < 1.29 is 9.53 Å². The van der Waals surface area contributed by atoms with Crippen molar-refractivity contribution in [3.05, 3.63) is 11.6 Å². The van der Waals surface area contributed by atoms with Crippen LogP contribution >= 0.6 is 0 Å². The highest BCUT2D eigenvalue weighted by Crippen LogP contribution is 2.20. The van der Waals surface area contributed by atoms with Gasteiger partial charge in [0.1, 0.15) is 0 Å². The Kier molecular flexibility index (Phi) is 3.48. The van der Waals surface area contributed by atoms with Crippen molar-refractivity contribution in [2.24, 2.45) is 0 Å². The van der Waals surface area contributed by atoms with Gasteiger partial charge in [-0.25, -0.2) is 0 Å². The summed E-state index contributed by atoms with van der Waals surface area (Å²) >= 11 is 0. The minimum Gasteiger partial charge on any atom is -0.378 e. The van der Waals surface area contributed by atoms with Crippen LogP contribution in [0.1, 0.15) is 33.1 Å². The second-order valence-electron chi connectivity index (χ2n) is 3.27. The van der Waals surface area contributed by atoms with Gasteiger partial charge in [-0.3, -0.25) is 4.79 Å². The van der Waals surface area contributed by atoms with Gasteiger partial charge in [-0.05, 0) is 32.3 Å². The smallest absolute Gasteiger partial charge is 0.152 e. The number of hydrogen-bond acceptors (Lipinski definition) is 2. The van der Waals surface area contributed by atoms with E-state index in [4.69, 9.17) is 4.74 Å². The molecular formula is C10H16O2. The van der Waals surface area contributed by atoms with E-state index in [-0.39, 0.29) is 5.78 Å². The second kappa shape index (κ2) is 4.41. The summed E-state index contributed by atoms with van der Waals surface area (Å²) in [6, 6.07) is 0. The van der Waals surface area contributed by atoms with Crippen LogP contribution in [0.4, 0.5) is 0 Å². The van der Waals surface area contributed by atoms with Crippen LogP contribution in [0.3, 0.4) is 0 Å². The Balaban J connectivity index is 2.51. The molecule has 1 rings (SSSR count). The number of ether oxygens (including phenoxy) is 1. The first-order valence-electron chi connectivity index (χ1n) is 4.54. The van der Waals surface area contributed by atoms with Crippen LogP contribution < -0.4 is 0 Å². The maximum absolute atomic E-state index is 10.8. The second-order valence-corrected chi connectivity index (χ2v) is 3.27. The third kappa shape index (κ3) is 2.78. The van der Waals surface area contributed by atoms with Gasteiger partial charge in [-0.1, -0.05) is 12.5 Å². The lowest BCUT2D eigenvalue weighted by Crippen LogP contribution is -2.20. The number of rotatable bonds is 2. The molecule has 1 atom stereocenters. The predicted octanol–water partition coefficient (Wildman–Crippen LogP) is 2.09. The fourth-order valence-electron chi connectivity index (χ4n) is 1.49. The van der Waals surface area contributed by atoms with Gasteiger partial charge in [0, 0.05) is 0 Å². The molecule has 0 aromatic carbocycles. The first kappa shape index (κ1) is 9.46. The Hall–Kier alpha value is -0.630. The topological polar surface area (TPSA) is 26.3 Å². The molecule has 0 aliphatic carbocycles. The molecule has 1 heterocycles. The Labute approximate surface area is 73.6 Å². The molecule has 1 fully saturated rings. The molecule has 0 N–H and O–H groups in total. The van der Waals surface area contributed by atoms with Gasteiger partial charge in [0.25, 0.3) is 0 Å². The summed E-state index contributed by atoms with van der Waals surface area (Å²) in [6.45, 7) is 4.49. The largest absolute Gasteiger partial charge is 0.378 e. The molecule has 0 aromatic heterocycles. The summed E-state index contributed by atoms with van der Waals surface area (Å²) in [5, 5.41) is 0. The molecule has 2 heteroatoms. The van der Waals surface area contributed by atoms with Crippen molar-refractivity contribution in [2.45, 2.75) is 39.2 Å². The summed E-state index contributed by atoms with van der Waals surface area (Å²) in [5.41, 5.74) is 1.25. The van der Waals surface area contributed by atoms with Crippen LogP contribution in [0.15, 0.2) is 11.6 Å². The lowest BCUT2D eigenvalue weighted by molar-refractivity contribution is -0.112. The summed E-state index contributed by atoms with van der Waals surface area (Å²) in [5.74, 6) is 0.154. The highest BCUT2D eigenvalue weighted by molar-refractivity contribution is 5.87. The van der Waals surface area contributed by atoms with Gasteiger partial charge in [-0.2, -0.15) is 0 Å². The standard InChI is InChI=1S/C10H16O2/c1-3-10-7-9(4-5-12-10)6-8(2)11/h6,10H,3-5,7H2,1-2H3/b9-6+. The zero-order valence-corrected chi connectivity index (χ0v) is 7.80. The SMILES string of the molecule is CCC1C/C(=C/C(C)=O)CCO1. The van der Waals surface area contributed by atoms with Crippen LogP contribution in [0, 0.1) is 0 Å². The van der Waals surface area contributed by atoms with E-state index in [0.29, 0.717) is 6.10 Å². The van der Waals surface area contributed by atoms with Crippen LogP contribution in [0.25, 0.3) is 0 Å². The van der Waals surface area contributed by atoms with E-state index in [1.807, 2.05) is 0 Å². The Bertz CT molecular complexity index is 194. The fraction of sp³-hybridized carbons (Fsp3) is 0.700. The maximum Gasteiger partial charge on any atom is 0.152 e. The Morgan fingerprint density at radius 3 is 3.08 bits per heavy atom. The van der Waals surface area contributed by atoms with Crippen molar-refractivity contribution in [3.8, 4) is 0 Å². The average molecular weight is 168 g/mol. The van der Waals surface area contributed by atoms with Crippen LogP contribution in [-0.2, 0) is 9.53 Å². The number of allylic oxidation sites excluding steroid dienone is 1. The monoisotopic (exact) mass is 168 g/mol. The Morgan fingerprint density at radius 2 is 2.50 bits per heavy atom. The molecular weight excluding hydrogens is 152 g/mol. The summed E-state index contributed by atoms with van der Waals surface area (Å²) < 4.78 is 5.49. The van der Waals surface area contributed by atoms with Crippen LogP contribution in [-0.4, -0.2) is 18.5 Å². The van der Waals surface area contributed by atoms with Crippen molar-refractivity contribution in [1.82, 2.24) is 0 Å². The van der Waals surface area contributed by atoms with Crippen molar-refractivity contribution in [1.29, 1.82) is 0 Å². The normalized spacial score (nSPS) is 27.5. The molecule has 2 nitrogen and oxygen atoms in total. The maximum atomic E-state index is 10.8. The minimum absolute atomic E-state index is 0.154. The third-order valence-electron chi connectivity index (χ3n) is 2.13. The van der Waals surface area contributed by atoms with Crippen molar-refractivity contribution in [2.75, 3.05) is 6.61 Å². The molecule has 1 saturated heterocycles. The van der Waals surface area contributed by atoms with Crippen LogP contribution in [0.2, 0.25) is 0 Å². The van der Waals surface area contributed by atoms with Gasteiger partial charge >= 0.3 is 0 Å². The van der Waals surface area contributed by atoms with Crippen molar-refractivity contribution >= 4 is 5.78 Å². The zero-order chi connectivity index (χ0) is 8.97. The average Bonchev–Trinajstić information content (AvgIpc) is 2.03. The molecule has 68 valence electrons. The molecule has 0 aromatic rings. The van der Waals surface area contributed by atoms with Gasteiger partial charge in [0.2, 0.25) is 0 Å². The van der Waals surface area contributed by atoms with Gasteiger partial charge in [0.05, 0.1) is 12.7 Å². The van der Waals surface area contributed by atoms with Crippen molar-refractivity contribution in [3.63, 3.8) is 0 Å². The predicted molar refractivity (Wildman–Crippen MR) is 48.0 cm³/mol. The van der Waals surface area contributed by atoms with E-state index >= 15 is 0 Å². The zero-order valence-electron chi connectivity index (χ0n) is 7.80. The highest BCUT2D eigenvalue weighted by Gasteiger charge is 2.15. The number of carbonyl (C=O) groups is 1. The number of hydrogen-bond donors (Lipinski definition) is 0. The van der Waals surface area contributed by atoms with E-state index in [0.717, 1.165) is 25.9 Å².